The fourth-order valence-electron chi connectivity index (χ4n) is 6.23. The van der Waals surface area contributed by atoms with Gasteiger partial charge in [0.15, 0.2) is 17.5 Å². The molecule has 0 fully saturated rings. The second kappa shape index (κ2) is 11.5. The van der Waals surface area contributed by atoms with Gasteiger partial charge >= 0.3 is 0 Å². The van der Waals surface area contributed by atoms with Gasteiger partial charge in [0.2, 0.25) is 0 Å². The molecule has 3 heterocycles. The van der Waals surface area contributed by atoms with E-state index in [2.05, 4.69) is 91.0 Å². The Hall–Kier alpha value is -5.94. The summed E-state index contributed by atoms with van der Waals surface area (Å²) in [5, 5.41) is 2.41. The van der Waals surface area contributed by atoms with E-state index >= 15 is 0 Å². The lowest BCUT2D eigenvalue weighted by atomic mass is 9.86. The average Bonchev–Trinajstić information content (AvgIpc) is 3.45. The van der Waals surface area contributed by atoms with Gasteiger partial charge in [-0.15, -0.1) is 0 Å². The van der Waals surface area contributed by atoms with Crippen molar-refractivity contribution in [2.75, 3.05) is 0 Å². The van der Waals surface area contributed by atoms with Gasteiger partial charge in [-0.1, -0.05) is 124 Å². The number of aromatic nitrogens is 5. The highest BCUT2D eigenvalue weighted by atomic mass is 15.1. The summed E-state index contributed by atoms with van der Waals surface area (Å²) in [6, 6.07) is 48.2. The van der Waals surface area contributed by atoms with Gasteiger partial charge in [0.05, 0.1) is 22.4 Å². The highest BCUT2D eigenvalue weighted by molar-refractivity contribution is 6.10. The Morgan fingerprint density at radius 3 is 1.77 bits per heavy atom. The lowest BCUT2D eigenvalue weighted by molar-refractivity contribution is 0.591. The molecule has 0 aliphatic carbocycles. The van der Waals surface area contributed by atoms with E-state index in [9.17, 15) is 0 Å². The predicted molar refractivity (Wildman–Crippen MR) is 192 cm³/mol. The third kappa shape index (κ3) is 5.26. The van der Waals surface area contributed by atoms with Crippen molar-refractivity contribution in [3.8, 4) is 51.1 Å². The van der Waals surface area contributed by atoms with Crippen LogP contribution in [-0.2, 0) is 5.41 Å². The van der Waals surface area contributed by atoms with Gasteiger partial charge < -0.3 is 4.57 Å². The third-order valence-electron chi connectivity index (χ3n) is 8.68. The monoisotopic (exact) mass is 607 g/mol. The first-order chi connectivity index (χ1) is 22.9. The molecule has 5 aromatic carbocycles. The molecule has 5 heteroatoms. The van der Waals surface area contributed by atoms with Gasteiger partial charge in [0.1, 0.15) is 0 Å². The molecule has 8 aromatic rings. The number of nitrogens with zero attached hydrogens (tertiary/aromatic N) is 5. The molecule has 0 atom stereocenters. The predicted octanol–water partition coefficient (Wildman–Crippen LogP) is 10.3. The number of hydrogen-bond acceptors (Lipinski definition) is 4. The molecule has 0 spiro atoms. The summed E-state index contributed by atoms with van der Waals surface area (Å²) in [6.45, 7) is 6.78. The fraction of sp³-hybridized carbons (Fsp3) is 0.0952. The molecule has 0 N–H and O–H groups in total. The Balaban J connectivity index is 1.47. The molecule has 47 heavy (non-hydrogen) atoms. The smallest absolute Gasteiger partial charge is 0.166 e. The van der Waals surface area contributed by atoms with E-state index in [0.29, 0.717) is 17.5 Å². The molecule has 0 unspecified atom stereocenters. The summed E-state index contributed by atoms with van der Waals surface area (Å²) < 4.78 is 2.37. The van der Waals surface area contributed by atoms with Crippen molar-refractivity contribution in [2.24, 2.45) is 0 Å². The molecule has 0 saturated carbocycles. The van der Waals surface area contributed by atoms with Gasteiger partial charge in [-0.25, -0.2) is 15.0 Å². The first-order valence-corrected chi connectivity index (χ1v) is 15.9. The molecule has 0 radical (unpaired) electrons. The minimum atomic E-state index is -0.00940. The molecule has 0 bridgehead atoms. The first kappa shape index (κ1) is 28.5. The van der Waals surface area contributed by atoms with E-state index in [1.165, 1.54) is 16.3 Å². The van der Waals surface area contributed by atoms with Crippen molar-refractivity contribution < 1.29 is 0 Å². The Bertz CT molecular complexity index is 2310. The van der Waals surface area contributed by atoms with Crippen LogP contribution in [0.2, 0.25) is 0 Å². The Labute approximate surface area is 274 Å². The van der Waals surface area contributed by atoms with Crippen molar-refractivity contribution in [3.63, 3.8) is 0 Å². The zero-order valence-corrected chi connectivity index (χ0v) is 26.6. The van der Waals surface area contributed by atoms with Crippen LogP contribution in [0.4, 0.5) is 0 Å². The van der Waals surface area contributed by atoms with E-state index in [-0.39, 0.29) is 5.41 Å². The maximum atomic E-state index is 5.17. The van der Waals surface area contributed by atoms with Gasteiger partial charge in [-0.2, -0.15) is 0 Å². The quantitative estimate of drug-likeness (QED) is 0.195. The zero-order valence-electron chi connectivity index (χ0n) is 26.6. The summed E-state index contributed by atoms with van der Waals surface area (Å²) in [7, 11) is 0. The summed E-state index contributed by atoms with van der Waals surface area (Å²) >= 11 is 0. The number of pyridine rings is 1. The van der Waals surface area contributed by atoms with Crippen LogP contribution in [0.5, 0.6) is 0 Å². The van der Waals surface area contributed by atoms with Gasteiger partial charge in [-0.3, -0.25) is 4.98 Å². The second-order valence-electron chi connectivity index (χ2n) is 12.8. The molecule has 3 aromatic heterocycles. The Morgan fingerprint density at radius 2 is 1.11 bits per heavy atom. The summed E-state index contributed by atoms with van der Waals surface area (Å²) in [5.74, 6) is 1.85. The van der Waals surface area contributed by atoms with Crippen LogP contribution in [0.1, 0.15) is 26.3 Å². The lowest BCUT2D eigenvalue weighted by Gasteiger charge is -2.20. The molecule has 5 nitrogen and oxygen atoms in total. The molecular weight excluding hydrogens is 574 g/mol. The fourth-order valence-corrected chi connectivity index (χ4v) is 6.23. The zero-order chi connectivity index (χ0) is 32.0. The van der Waals surface area contributed by atoms with E-state index in [1.54, 1.807) is 0 Å². The second-order valence-corrected chi connectivity index (χ2v) is 12.8. The molecule has 8 rings (SSSR count). The minimum absolute atomic E-state index is 0.00940. The summed E-state index contributed by atoms with van der Waals surface area (Å²) in [4.78, 5) is 20.0. The summed E-state index contributed by atoms with van der Waals surface area (Å²) in [5.41, 5.74) is 9.17. The minimum Gasteiger partial charge on any atom is -0.308 e. The maximum absolute atomic E-state index is 5.17. The highest BCUT2D eigenvalue weighted by Gasteiger charge is 2.22. The third-order valence-corrected chi connectivity index (χ3v) is 8.68. The number of rotatable bonds is 5. The molecule has 0 amide bonds. The van der Waals surface area contributed by atoms with E-state index in [1.807, 2.05) is 85.1 Å². The first-order valence-electron chi connectivity index (χ1n) is 15.9. The van der Waals surface area contributed by atoms with Crippen molar-refractivity contribution >= 4 is 21.8 Å². The van der Waals surface area contributed by atoms with E-state index < -0.39 is 0 Å². The maximum Gasteiger partial charge on any atom is 0.166 e. The van der Waals surface area contributed by atoms with Crippen LogP contribution in [0.15, 0.2) is 146 Å². The normalized spacial score (nSPS) is 11.7. The molecule has 0 aliphatic rings. The largest absolute Gasteiger partial charge is 0.308 e. The highest BCUT2D eigenvalue weighted by Crippen LogP contribution is 2.39. The van der Waals surface area contributed by atoms with Gasteiger partial charge in [0.25, 0.3) is 0 Å². The average molecular weight is 608 g/mol. The number of fused-ring (bicyclic) bond motifs is 3. The summed E-state index contributed by atoms with van der Waals surface area (Å²) in [6.07, 6.45) is 1.83. The van der Waals surface area contributed by atoms with Gasteiger partial charge in [-0.05, 0) is 47.4 Å². The SMILES string of the molecule is CC(C)(C)c1ccc2c3ccccc3n(-c3ccc(-c4ccccn4)cc3-c3nc(-c4ccccc4)nc(-c4ccccc4)n3)c2c1. The number of benzene rings is 5. The van der Waals surface area contributed by atoms with Crippen molar-refractivity contribution in [1.29, 1.82) is 0 Å². The van der Waals surface area contributed by atoms with Crippen molar-refractivity contribution in [2.45, 2.75) is 26.2 Å². The van der Waals surface area contributed by atoms with Gasteiger partial charge in [0, 0.05) is 39.2 Å². The van der Waals surface area contributed by atoms with Crippen LogP contribution in [0.25, 0.3) is 72.9 Å². The van der Waals surface area contributed by atoms with Crippen molar-refractivity contribution in [3.05, 3.63) is 151 Å². The van der Waals surface area contributed by atoms with Crippen molar-refractivity contribution in [1.82, 2.24) is 24.5 Å². The van der Waals surface area contributed by atoms with Crippen LogP contribution < -0.4 is 0 Å². The Morgan fingerprint density at radius 1 is 0.489 bits per heavy atom. The number of para-hydroxylation sites is 1. The standard InChI is InChI=1S/C42H33N5/c1-42(2,3)31-22-23-33-32-18-10-11-20-36(32)47(38(33)27-31)37-24-21-30(35-19-12-13-25-43-35)26-34(37)41-45-39(28-14-6-4-7-15-28)44-40(46-41)29-16-8-5-9-17-29/h4-27H,1-3H3. The molecule has 0 saturated heterocycles. The molecular formula is C42H33N5. The topological polar surface area (TPSA) is 56.5 Å². The molecule has 226 valence electrons. The van der Waals surface area contributed by atoms with E-state index in [0.717, 1.165) is 44.7 Å². The Kier molecular flexibility index (Phi) is 6.95. The van der Waals surface area contributed by atoms with Crippen LogP contribution >= 0.6 is 0 Å². The van der Waals surface area contributed by atoms with Crippen LogP contribution in [-0.4, -0.2) is 24.5 Å². The lowest BCUT2D eigenvalue weighted by Crippen LogP contribution is -2.11. The van der Waals surface area contributed by atoms with E-state index in [4.69, 9.17) is 15.0 Å². The van der Waals surface area contributed by atoms with Crippen LogP contribution in [0.3, 0.4) is 0 Å². The molecule has 0 aliphatic heterocycles. The van der Waals surface area contributed by atoms with Crippen LogP contribution in [0, 0.1) is 0 Å². The number of hydrogen-bond donors (Lipinski definition) is 0.